The van der Waals surface area contributed by atoms with Gasteiger partial charge < -0.3 is 20.1 Å². The van der Waals surface area contributed by atoms with Crippen LogP contribution in [0.4, 0.5) is 4.79 Å². The number of carbonyl (C=O) groups excluding carboxylic acids is 1. The Kier molecular flexibility index (Phi) is 4.13. The summed E-state index contributed by atoms with van der Waals surface area (Å²) in [7, 11) is 0. The van der Waals surface area contributed by atoms with Crippen molar-refractivity contribution in [1.29, 1.82) is 0 Å². The van der Waals surface area contributed by atoms with Gasteiger partial charge >= 0.3 is 6.09 Å². The van der Waals surface area contributed by atoms with Gasteiger partial charge in [0.15, 0.2) is 0 Å². The summed E-state index contributed by atoms with van der Waals surface area (Å²) in [5, 5.41) is 0. The average Bonchev–Trinajstić information content (AvgIpc) is 2.31. The highest BCUT2D eigenvalue weighted by Gasteiger charge is 2.35. The molecule has 1 fully saturated rings. The standard InChI is InChI=1S/C14H21N3O3/c1-14(2,3)20-13(18)17-8-10(9-17)19-12-5-4-6-16-11(12)7-15/h4-6,10H,7-9,15H2,1-3H3. The van der Waals surface area contributed by atoms with E-state index >= 15 is 0 Å². The van der Waals surface area contributed by atoms with E-state index in [9.17, 15) is 4.79 Å². The van der Waals surface area contributed by atoms with Crippen molar-refractivity contribution >= 4 is 6.09 Å². The molecular weight excluding hydrogens is 258 g/mol. The number of nitrogens with two attached hydrogens (primary N) is 1. The molecule has 0 aliphatic carbocycles. The molecule has 1 amide bonds. The Morgan fingerprint density at radius 1 is 1.50 bits per heavy atom. The molecule has 2 N–H and O–H groups in total. The van der Waals surface area contributed by atoms with E-state index in [1.54, 1.807) is 17.2 Å². The molecule has 110 valence electrons. The van der Waals surface area contributed by atoms with E-state index in [1.165, 1.54) is 0 Å². The molecule has 0 atom stereocenters. The van der Waals surface area contributed by atoms with Crippen LogP contribution < -0.4 is 10.5 Å². The molecule has 1 aromatic heterocycles. The predicted molar refractivity (Wildman–Crippen MR) is 74.4 cm³/mol. The third-order valence-electron chi connectivity index (χ3n) is 2.84. The number of rotatable bonds is 3. The van der Waals surface area contributed by atoms with Crippen molar-refractivity contribution < 1.29 is 14.3 Å². The molecule has 0 saturated carbocycles. The van der Waals surface area contributed by atoms with Crippen molar-refractivity contribution in [2.24, 2.45) is 5.73 Å². The Balaban J connectivity index is 1.84. The van der Waals surface area contributed by atoms with Gasteiger partial charge in [0, 0.05) is 12.7 Å². The largest absolute Gasteiger partial charge is 0.485 e. The Morgan fingerprint density at radius 3 is 2.80 bits per heavy atom. The summed E-state index contributed by atoms with van der Waals surface area (Å²) < 4.78 is 11.1. The van der Waals surface area contributed by atoms with Gasteiger partial charge in [0.1, 0.15) is 17.5 Å². The fraction of sp³-hybridized carbons (Fsp3) is 0.571. The molecule has 6 heteroatoms. The number of hydrogen-bond donors (Lipinski definition) is 1. The third-order valence-corrected chi connectivity index (χ3v) is 2.84. The Bertz CT molecular complexity index is 479. The van der Waals surface area contributed by atoms with E-state index in [1.807, 2.05) is 26.8 Å². The fourth-order valence-corrected chi connectivity index (χ4v) is 1.85. The maximum absolute atomic E-state index is 11.8. The molecule has 20 heavy (non-hydrogen) atoms. The summed E-state index contributed by atoms with van der Waals surface area (Å²) in [6.07, 6.45) is 1.35. The van der Waals surface area contributed by atoms with Crippen LogP contribution in [0, 0.1) is 0 Å². The van der Waals surface area contributed by atoms with Crippen LogP contribution in [0.15, 0.2) is 18.3 Å². The highest BCUT2D eigenvalue weighted by atomic mass is 16.6. The summed E-state index contributed by atoms with van der Waals surface area (Å²) in [5.41, 5.74) is 5.86. The zero-order valence-corrected chi connectivity index (χ0v) is 12.1. The van der Waals surface area contributed by atoms with Crippen molar-refractivity contribution in [3.63, 3.8) is 0 Å². The van der Waals surface area contributed by atoms with Gasteiger partial charge in [-0.1, -0.05) is 0 Å². The van der Waals surface area contributed by atoms with Gasteiger partial charge in [-0.3, -0.25) is 4.98 Å². The van der Waals surface area contributed by atoms with Gasteiger partial charge in [-0.25, -0.2) is 4.79 Å². The van der Waals surface area contributed by atoms with Crippen molar-refractivity contribution in [2.75, 3.05) is 13.1 Å². The first-order chi connectivity index (χ1) is 9.39. The summed E-state index contributed by atoms with van der Waals surface area (Å²) in [6.45, 7) is 6.92. The Morgan fingerprint density at radius 2 is 2.20 bits per heavy atom. The quantitative estimate of drug-likeness (QED) is 0.908. The molecular formula is C14H21N3O3. The van der Waals surface area contributed by atoms with Gasteiger partial charge in [0.25, 0.3) is 0 Å². The molecule has 0 unspecified atom stereocenters. The highest BCUT2D eigenvalue weighted by Crippen LogP contribution is 2.22. The SMILES string of the molecule is CC(C)(C)OC(=O)N1CC(Oc2cccnc2CN)C1. The molecule has 1 saturated heterocycles. The van der Waals surface area contributed by atoms with Gasteiger partial charge in [-0.15, -0.1) is 0 Å². The van der Waals surface area contributed by atoms with E-state index in [4.69, 9.17) is 15.2 Å². The van der Waals surface area contributed by atoms with Crippen LogP contribution in [0.5, 0.6) is 5.75 Å². The number of ether oxygens (including phenoxy) is 2. The molecule has 2 rings (SSSR count). The molecule has 0 bridgehead atoms. The minimum atomic E-state index is -0.473. The summed E-state index contributed by atoms with van der Waals surface area (Å²) in [5.74, 6) is 0.684. The van der Waals surface area contributed by atoms with Crippen LogP contribution in [0.25, 0.3) is 0 Å². The van der Waals surface area contributed by atoms with Crippen LogP contribution in [0.2, 0.25) is 0 Å². The monoisotopic (exact) mass is 279 g/mol. The van der Waals surface area contributed by atoms with E-state index < -0.39 is 5.60 Å². The highest BCUT2D eigenvalue weighted by molar-refractivity contribution is 5.69. The second-order valence-corrected chi connectivity index (χ2v) is 5.78. The van der Waals surface area contributed by atoms with Crippen molar-refractivity contribution in [2.45, 2.75) is 39.0 Å². The maximum Gasteiger partial charge on any atom is 0.410 e. The zero-order chi connectivity index (χ0) is 14.8. The second kappa shape index (κ2) is 5.66. The average molecular weight is 279 g/mol. The number of amides is 1. The lowest BCUT2D eigenvalue weighted by molar-refractivity contribution is -0.0224. The molecule has 0 aromatic carbocycles. The first-order valence-corrected chi connectivity index (χ1v) is 6.67. The minimum absolute atomic E-state index is 0.0305. The molecule has 1 aromatic rings. The lowest BCUT2D eigenvalue weighted by Crippen LogP contribution is -2.57. The van der Waals surface area contributed by atoms with Crippen molar-refractivity contribution in [1.82, 2.24) is 9.88 Å². The van der Waals surface area contributed by atoms with Gasteiger partial charge in [-0.2, -0.15) is 0 Å². The van der Waals surface area contributed by atoms with E-state index in [0.29, 0.717) is 25.4 Å². The molecule has 6 nitrogen and oxygen atoms in total. The molecule has 1 aliphatic rings. The maximum atomic E-state index is 11.8. The number of hydrogen-bond acceptors (Lipinski definition) is 5. The molecule has 1 aliphatic heterocycles. The van der Waals surface area contributed by atoms with Crippen LogP contribution in [-0.2, 0) is 11.3 Å². The Labute approximate surface area is 118 Å². The van der Waals surface area contributed by atoms with Crippen LogP contribution in [0.1, 0.15) is 26.5 Å². The van der Waals surface area contributed by atoms with E-state index in [2.05, 4.69) is 4.98 Å². The first-order valence-electron chi connectivity index (χ1n) is 6.67. The van der Waals surface area contributed by atoms with E-state index in [0.717, 1.165) is 5.69 Å². The number of aromatic nitrogens is 1. The van der Waals surface area contributed by atoms with Crippen LogP contribution >= 0.6 is 0 Å². The predicted octanol–water partition coefficient (Wildman–Crippen LogP) is 1.54. The summed E-state index contributed by atoms with van der Waals surface area (Å²) in [4.78, 5) is 17.6. The van der Waals surface area contributed by atoms with Crippen molar-refractivity contribution in [3.05, 3.63) is 24.0 Å². The number of nitrogens with zero attached hydrogens (tertiary/aromatic N) is 2. The van der Waals surface area contributed by atoms with Gasteiger partial charge in [0.05, 0.1) is 18.8 Å². The molecule has 0 spiro atoms. The normalized spacial score (nSPS) is 15.7. The lowest BCUT2D eigenvalue weighted by atomic mass is 10.1. The van der Waals surface area contributed by atoms with Crippen LogP contribution in [0.3, 0.4) is 0 Å². The number of likely N-dealkylation sites (tertiary alicyclic amines) is 1. The van der Waals surface area contributed by atoms with Gasteiger partial charge in [-0.05, 0) is 32.9 Å². The minimum Gasteiger partial charge on any atom is -0.485 e. The van der Waals surface area contributed by atoms with Gasteiger partial charge in [0.2, 0.25) is 0 Å². The van der Waals surface area contributed by atoms with Crippen molar-refractivity contribution in [3.8, 4) is 5.75 Å². The molecule has 2 heterocycles. The third kappa shape index (κ3) is 3.60. The number of pyridine rings is 1. The van der Waals surface area contributed by atoms with E-state index in [-0.39, 0.29) is 12.2 Å². The Hall–Kier alpha value is -1.82. The second-order valence-electron chi connectivity index (χ2n) is 5.78. The number of carbonyl (C=O) groups is 1. The fourth-order valence-electron chi connectivity index (χ4n) is 1.85. The summed E-state index contributed by atoms with van der Waals surface area (Å²) in [6, 6.07) is 3.64. The lowest BCUT2D eigenvalue weighted by Gasteiger charge is -2.39. The topological polar surface area (TPSA) is 77.7 Å². The first kappa shape index (κ1) is 14.6. The summed E-state index contributed by atoms with van der Waals surface area (Å²) >= 11 is 0. The zero-order valence-electron chi connectivity index (χ0n) is 12.1. The smallest absolute Gasteiger partial charge is 0.410 e. The molecule has 0 radical (unpaired) electrons. The van der Waals surface area contributed by atoms with Crippen LogP contribution in [-0.4, -0.2) is 40.8 Å².